The Labute approximate surface area is 169 Å². The van der Waals surface area contributed by atoms with Crippen molar-refractivity contribution in [2.75, 3.05) is 17.2 Å². The Kier molecular flexibility index (Phi) is 4.92. The highest BCUT2D eigenvalue weighted by molar-refractivity contribution is 6.07. The van der Waals surface area contributed by atoms with Crippen molar-refractivity contribution in [2.45, 2.75) is 31.7 Å². The van der Waals surface area contributed by atoms with Gasteiger partial charge in [0.25, 0.3) is 5.91 Å². The molecule has 0 radical (unpaired) electrons. The van der Waals surface area contributed by atoms with Gasteiger partial charge in [-0.15, -0.1) is 0 Å². The van der Waals surface area contributed by atoms with Crippen molar-refractivity contribution < 1.29 is 14.4 Å². The third-order valence-electron chi connectivity index (χ3n) is 5.71. The van der Waals surface area contributed by atoms with E-state index in [-0.39, 0.29) is 17.7 Å². The van der Waals surface area contributed by atoms with Crippen LogP contribution >= 0.6 is 0 Å². The number of carbonyl (C=O) groups excluding carboxylic acids is 3. The number of aryl methyl sites for hydroxylation is 1. The van der Waals surface area contributed by atoms with Crippen molar-refractivity contribution in [1.29, 1.82) is 0 Å². The van der Waals surface area contributed by atoms with Gasteiger partial charge in [0, 0.05) is 36.5 Å². The van der Waals surface area contributed by atoms with Crippen molar-refractivity contribution in [3.8, 4) is 0 Å². The summed E-state index contributed by atoms with van der Waals surface area (Å²) in [5.74, 6) is -0.851. The predicted molar refractivity (Wildman–Crippen MR) is 111 cm³/mol. The maximum Gasteiger partial charge on any atom is 0.250 e. The second-order valence-electron chi connectivity index (χ2n) is 7.55. The minimum atomic E-state index is -0.887. The molecule has 0 bridgehead atoms. The van der Waals surface area contributed by atoms with Crippen LogP contribution in [-0.2, 0) is 20.8 Å². The zero-order valence-electron chi connectivity index (χ0n) is 16.3. The van der Waals surface area contributed by atoms with Gasteiger partial charge in [0.2, 0.25) is 11.8 Å². The molecule has 1 unspecified atom stereocenters. The van der Waals surface area contributed by atoms with E-state index in [0.29, 0.717) is 25.1 Å². The fraction of sp³-hybridized carbons (Fsp3) is 0.261. The predicted octanol–water partition coefficient (Wildman–Crippen LogP) is 3.05. The minimum absolute atomic E-state index is 0.153. The summed E-state index contributed by atoms with van der Waals surface area (Å²) >= 11 is 0. The Hall–Kier alpha value is -3.41. The quantitative estimate of drug-likeness (QED) is 0.792. The number of amides is 3. The van der Waals surface area contributed by atoms with Crippen molar-refractivity contribution in [3.05, 3.63) is 71.8 Å². The van der Waals surface area contributed by atoms with Crippen molar-refractivity contribution in [3.63, 3.8) is 0 Å². The SMILES string of the molecule is Cc1ccccc1NC(=O)/C=C/C(=O)N1CCCC12Cc1ccccc1NC2=O. The van der Waals surface area contributed by atoms with Crippen molar-refractivity contribution >= 4 is 29.1 Å². The molecule has 1 atom stereocenters. The standard InChI is InChI=1S/C23H23N3O3/c1-16-7-2-4-9-18(16)24-20(27)11-12-21(28)26-14-6-13-23(26)15-17-8-3-5-10-19(17)25-22(23)29/h2-5,7-12H,6,13-15H2,1H3,(H,24,27)(H,25,29)/b12-11+. The first kappa shape index (κ1) is 18.9. The van der Waals surface area contributed by atoms with E-state index >= 15 is 0 Å². The van der Waals surface area contributed by atoms with Crippen LogP contribution in [0.3, 0.4) is 0 Å². The van der Waals surface area contributed by atoms with E-state index in [4.69, 9.17) is 0 Å². The molecule has 1 spiro atoms. The average Bonchev–Trinajstić information content (AvgIpc) is 3.13. The Bertz CT molecular complexity index is 1010. The van der Waals surface area contributed by atoms with Crippen LogP contribution in [-0.4, -0.2) is 34.7 Å². The third kappa shape index (κ3) is 3.53. The number of hydrogen-bond acceptors (Lipinski definition) is 3. The lowest BCUT2D eigenvalue weighted by molar-refractivity contribution is -0.139. The van der Waals surface area contributed by atoms with Gasteiger partial charge in [-0.1, -0.05) is 36.4 Å². The zero-order valence-corrected chi connectivity index (χ0v) is 16.3. The number of hydrogen-bond donors (Lipinski definition) is 2. The number of fused-ring (bicyclic) bond motifs is 1. The molecular weight excluding hydrogens is 366 g/mol. The van der Waals surface area contributed by atoms with Crippen LogP contribution in [0.25, 0.3) is 0 Å². The molecule has 0 aliphatic carbocycles. The Morgan fingerprint density at radius 3 is 2.69 bits per heavy atom. The first-order chi connectivity index (χ1) is 14.0. The van der Waals surface area contributed by atoms with Crippen LogP contribution in [0.15, 0.2) is 60.7 Å². The molecule has 3 amide bonds. The smallest absolute Gasteiger partial charge is 0.250 e. The zero-order chi connectivity index (χ0) is 20.4. The molecule has 0 saturated carbocycles. The molecule has 6 nitrogen and oxygen atoms in total. The van der Waals surface area contributed by atoms with E-state index in [9.17, 15) is 14.4 Å². The molecule has 2 heterocycles. The Morgan fingerprint density at radius 2 is 1.86 bits per heavy atom. The molecule has 1 saturated heterocycles. The molecular formula is C23H23N3O3. The van der Waals surface area contributed by atoms with Gasteiger partial charge in [-0.3, -0.25) is 14.4 Å². The summed E-state index contributed by atoms with van der Waals surface area (Å²) in [6, 6.07) is 15.1. The average molecular weight is 389 g/mol. The summed E-state index contributed by atoms with van der Waals surface area (Å²) < 4.78 is 0. The number of rotatable bonds is 3. The van der Waals surface area contributed by atoms with Gasteiger partial charge < -0.3 is 15.5 Å². The van der Waals surface area contributed by atoms with Gasteiger partial charge >= 0.3 is 0 Å². The van der Waals surface area contributed by atoms with E-state index in [1.165, 1.54) is 12.2 Å². The number of benzene rings is 2. The van der Waals surface area contributed by atoms with Crippen LogP contribution in [0.2, 0.25) is 0 Å². The molecule has 2 aromatic rings. The molecule has 2 aromatic carbocycles. The number of nitrogens with one attached hydrogen (secondary N) is 2. The summed E-state index contributed by atoms with van der Waals surface area (Å²) in [7, 11) is 0. The monoisotopic (exact) mass is 389 g/mol. The highest BCUT2D eigenvalue weighted by atomic mass is 16.2. The number of anilines is 2. The fourth-order valence-corrected chi connectivity index (χ4v) is 4.17. The maximum atomic E-state index is 12.9. The lowest BCUT2D eigenvalue weighted by atomic mass is 9.83. The number of nitrogens with zero attached hydrogens (tertiary/aromatic N) is 1. The molecule has 4 rings (SSSR count). The summed E-state index contributed by atoms with van der Waals surface area (Å²) in [5, 5.41) is 5.72. The summed E-state index contributed by atoms with van der Waals surface area (Å²) in [6.45, 7) is 2.40. The third-order valence-corrected chi connectivity index (χ3v) is 5.71. The summed E-state index contributed by atoms with van der Waals surface area (Å²) in [5.41, 5.74) is 2.58. The molecule has 2 aliphatic rings. The highest BCUT2D eigenvalue weighted by Gasteiger charge is 2.51. The Balaban J connectivity index is 1.50. The van der Waals surface area contributed by atoms with E-state index < -0.39 is 5.54 Å². The lowest BCUT2D eigenvalue weighted by Crippen LogP contribution is -2.58. The first-order valence-corrected chi connectivity index (χ1v) is 9.75. The highest BCUT2D eigenvalue weighted by Crippen LogP contribution is 2.39. The molecule has 29 heavy (non-hydrogen) atoms. The van der Waals surface area contributed by atoms with Crippen LogP contribution in [0, 0.1) is 6.92 Å². The molecule has 6 heteroatoms. The van der Waals surface area contributed by atoms with E-state index in [1.54, 1.807) is 4.90 Å². The van der Waals surface area contributed by atoms with Crippen LogP contribution in [0.4, 0.5) is 11.4 Å². The van der Waals surface area contributed by atoms with E-state index in [2.05, 4.69) is 10.6 Å². The van der Waals surface area contributed by atoms with Gasteiger partial charge in [-0.25, -0.2) is 0 Å². The second-order valence-corrected chi connectivity index (χ2v) is 7.55. The second kappa shape index (κ2) is 7.54. The van der Waals surface area contributed by atoms with E-state index in [0.717, 1.165) is 23.2 Å². The van der Waals surface area contributed by atoms with Gasteiger partial charge in [0.1, 0.15) is 5.54 Å². The molecule has 0 aromatic heterocycles. The van der Waals surface area contributed by atoms with Gasteiger partial charge in [0.15, 0.2) is 0 Å². The van der Waals surface area contributed by atoms with Crippen molar-refractivity contribution in [2.24, 2.45) is 0 Å². The topological polar surface area (TPSA) is 78.5 Å². The molecule has 1 fully saturated rings. The van der Waals surface area contributed by atoms with Crippen LogP contribution < -0.4 is 10.6 Å². The number of para-hydroxylation sites is 2. The molecule has 148 valence electrons. The van der Waals surface area contributed by atoms with Gasteiger partial charge in [-0.2, -0.15) is 0 Å². The summed E-state index contributed by atoms with van der Waals surface area (Å²) in [4.78, 5) is 39.6. The lowest BCUT2D eigenvalue weighted by Gasteiger charge is -2.40. The number of likely N-dealkylation sites (tertiary alicyclic amines) is 1. The minimum Gasteiger partial charge on any atom is -0.324 e. The first-order valence-electron chi connectivity index (χ1n) is 9.75. The molecule has 2 aliphatic heterocycles. The normalized spacial score (nSPS) is 20.6. The Morgan fingerprint density at radius 1 is 1.10 bits per heavy atom. The van der Waals surface area contributed by atoms with E-state index in [1.807, 2.05) is 55.5 Å². The van der Waals surface area contributed by atoms with Crippen molar-refractivity contribution in [1.82, 2.24) is 4.90 Å². The van der Waals surface area contributed by atoms with Crippen LogP contribution in [0.5, 0.6) is 0 Å². The van der Waals surface area contributed by atoms with Crippen LogP contribution in [0.1, 0.15) is 24.0 Å². The maximum absolute atomic E-state index is 12.9. The largest absolute Gasteiger partial charge is 0.324 e. The fourth-order valence-electron chi connectivity index (χ4n) is 4.17. The van der Waals surface area contributed by atoms with Gasteiger partial charge in [0.05, 0.1) is 0 Å². The number of carbonyl (C=O) groups is 3. The molecule has 2 N–H and O–H groups in total. The summed E-state index contributed by atoms with van der Waals surface area (Å²) in [6.07, 6.45) is 4.35. The van der Waals surface area contributed by atoms with Gasteiger partial charge in [-0.05, 0) is 43.0 Å².